The van der Waals surface area contributed by atoms with Crippen molar-refractivity contribution in [1.29, 1.82) is 0 Å². The predicted octanol–water partition coefficient (Wildman–Crippen LogP) is 5.80. The highest BCUT2D eigenvalue weighted by Crippen LogP contribution is 2.31. The highest BCUT2D eigenvalue weighted by atomic mass is 35.5. The van der Waals surface area contributed by atoms with E-state index in [2.05, 4.69) is 20.2 Å². The number of hydrogen-bond acceptors (Lipinski definition) is 6. The molecule has 1 amide bonds. The van der Waals surface area contributed by atoms with Gasteiger partial charge < -0.3 is 0 Å². The molecule has 35 heavy (non-hydrogen) atoms. The van der Waals surface area contributed by atoms with E-state index in [1.165, 1.54) is 4.31 Å². The summed E-state index contributed by atoms with van der Waals surface area (Å²) in [5.74, 6) is 0.0340. The Morgan fingerprint density at radius 2 is 1.80 bits per heavy atom. The quantitative estimate of drug-likeness (QED) is 0.326. The second-order valence-electron chi connectivity index (χ2n) is 8.06. The van der Waals surface area contributed by atoms with Gasteiger partial charge in [-0.25, -0.2) is 18.4 Å². The molecule has 0 spiro atoms. The fourth-order valence-corrected chi connectivity index (χ4v) is 5.70. The van der Waals surface area contributed by atoms with Crippen molar-refractivity contribution in [3.8, 4) is 11.4 Å². The van der Waals surface area contributed by atoms with E-state index in [0.29, 0.717) is 46.3 Å². The number of amides is 1. The molecule has 2 heterocycles. The Hall–Kier alpha value is -3.69. The minimum atomic E-state index is -3.31. The summed E-state index contributed by atoms with van der Waals surface area (Å²) < 4.78 is 26.0. The summed E-state index contributed by atoms with van der Waals surface area (Å²) in [6.07, 6.45) is 3.20. The highest BCUT2D eigenvalue weighted by Gasteiger charge is 2.26. The molecule has 3 aromatic carbocycles. The van der Waals surface area contributed by atoms with Crippen LogP contribution in [0.25, 0.3) is 22.3 Å². The molecule has 1 fully saturated rings. The fourth-order valence-electron chi connectivity index (χ4n) is 3.86. The van der Waals surface area contributed by atoms with E-state index in [1.807, 2.05) is 24.3 Å². The Balaban J connectivity index is 1.35. The van der Waals surface area contributed by atoms with E-state index >= 15 is 0 Å². The number of carbonyl (C=O) groups is 1. The third-order valence-corrected chi connectivity index (χ3v) is 7.89. The lowest BCUT2D eigenvalue weighted by Gasteiger charge is -2.28. The molecule has 1 aromatic heterocycles. The van der Waals surface area contributed by atoms with E-state index in [0.717, 1.165) is 17.3 Å². The molecule has 176 valence electrons. The molecule has 0 radical (unpaired) electrons. The number of nitrogens with zero attached hydrogens (tertiary/aromatic N) is 5. The number of fused-ring (bicyclic) bond motifs is 1. The summed E-state index contributed by atoms with van der Waals surface area (Å²) in [7, 11) is -3.31. The number of hydrogen-bond donors (Lipinski definition) is 0. The highest BCUT2D eigenvalue weighted by molar-refractivity contribution is 7.92. The van der Waals surface area contributed by atoms with Crippen LogP contribution in [0.1, 0.15) is 23.2 Å². The van der Waals surface area contributed by atoms with Crippen LogP contribution in [0.5, 0.6) is 0 Å². The van der Waals surface area contributed by atoms with Gasteiger partial charge in [0.1, 0.15) is 0 Å². The van der Waals surface area contributed by atoms with Crippen LogP contribution in [0, 0.1) is 0 Å². The lowest BCUT2D eigenvalue weighted by Crippen LogP contribution is -2.37. The van der Waals surface area contributed by atoms with Gasteiger partial charge in [0, 0.05) is 29.3 Å². The van der Waals surface area contributed by atoms with E-state index in [9.17, 15) is 13.2 Å². The van der Waals surface area contributed by atoms with Gasteiger partial charge in [0.15, 0.2) is 5.82 Å². The summed E-state index contributed by atoms with van der Waals surface area (Å²) in [5, 5.41) is 9.25. The van der Waals surface area contributed by atoms with Crippen molar-refractivity contribution in [2.24, 2.45) is 10.2 Å². The number of para-hydroxylation sites is 1. The molecular weight excluding hydrogens is 486 g/mol. The van der Waals surface area contributed by atoms with Gasteiger partial charge in [-0.05, 0) is 61.4 Å². The summed E-state index contributed by atoms with van der Waals surface area (Å²) in [5.41, 5.74) is 2.63. The Morgan fingerprint density at radius 3 is 2.60 bits per heavy atom. The van der Waals surface area contributed by atoms with Crippen molar-refractivity contribution in [2.45, 2.75) is 12.8 Å². The van der Waals surface area contributed by atoms with Crippen LogP contribution < -0.4 is 4.31 Å². The molecule has 1 saturated heterocycles. The summed E-state index contributed by atoms with van der Waals surface area (Å²) >= 11 is 6.37. The molecule has 0 atom stereocenters. The summed E-state index contributed by atoms with van der Waals surface area (Å²) in [6, 6.07) is 18.9. The maximum absolute atomic E-state index is 12.6. The van der Waals surface area contributed by atoms with Gasteiger partial charge in [0.05, 0.1) is 27.7 Å². The zero-order valence-electron chi connectivity index (χ0n) is 18.5. The van der Waals surface area contributed by atoms with Gasteiger partial charge in [-0.2, -0.15) is 0 Å². The summed E-state index contributed by atoms with van der Waals surface area (Å²) in [4.78, 5) is 21.5. The topological polar surface area (TPSA) is 105 Å². The van der Waals surface area contributed by atoms with Gasteiger partial charge >= 0.3 is 0 Å². The third kappa shape index (κ3) is 4.91. The normalized spacial score (nSPS) is 15.5. The van der Waals surface area contributed by atoms with Gasteiger partial charge in [0.25, 0.3) is 5.91 Å². The number of sulfonamides is 1. The van der Waals surface area contributed by atoms with E-state index < -0.39 is 15.9 Å². The Labute approximate surface area is 207 Å². The molecule has 0 N–H and O–H groups in total. The van der Waals surface area contributed by atoms with E-state index in [4.69, 9.17) is 11.6 Å². The van der Waals surface area contributed by atoms with Crippen molar-refractivity contribution in [3.05, 3.63) is 83.5 Å². The second kappa shape index (κ2) is 9.52. The fraction of sp³-hybridized carbons (Fsp3) is 0.160. The maximum Gasteiger partial charge on any atom is 0.295 e. The Morgan fingerprint density at radius 1 is 1.00 bits per heavy atom. The Bertz CT molecular complexity index is 1560. The van der Waals surface area contributed by atoms with Crippen LogP contribution in [0.3, 0.4) is 0 Å². The zero-order valence-corrected chi connectivity index (χ0v) is 20.1. The Kier molecular flexibility index (Phi) is 6.27. The van der Waals surface area contributed by atoms with Gasteiger partial charge in [-0.3, -0.25) is 9.10 Å². The first kappa shape index (κ1) is 23.1. The van der Waals surface area contributed by atoms with Crippen LogP contribution in [-0.2, 0) is 10.0 Å². The number of halogens is 1. The standard InChI is InChI=1S/C25H20ClN5O3S/c26-22-12-9-19(15-21(22)24-27-16-18-5-1-2-6-23(18)28-24)29-30-25(32)17-7-10-20(11-8-17)31-13-3-4-14-35(31,33)34/h1-2,5-12,15-16H,3-4,13-14H2. The number of benzene rings is 3. The van der Waals surface area contributed by atoms with E-state index in [1.54, 1.807) is 48.7 Å². The molecule has 0 bridgehead atoms. The van der Waals surface area contributed by atoms with Crippen LogP contribution >= 0.6 is 11.6 Å². The maximum atomic E-state index is 12.6. The monoisotopic (exact) mass is 505 g/mol. The van der Waals surface area contributed by atoms with Crippen LogP contribution in [0.2, 0.25) is 5.02 Å². The molecule has 1 aliphatic heterocycles. The predicted molar refractivity (Wildman–Crippen MR) is 136 cm³/mol. The minimum Gasteiger partial charge on any atom is -0.270 e. The number of aromatic nitrogens is 2. The molecule has 5 rings (SSSR count). The van der Waals surface area contributed by atoms with Crippen molar-refractivity contribution in [2.75, 3.05) is 16.6 Å². The number of carbonyl (C=O) groups excluding carboxylic acids is 1. The molecule has 10 heteroatoms. The van der Waals surface area contributed by atoms with Gasteiger partial charge in [0.2, 0.25) is 10.0 Å². The van der Waals surface area contributed by atoms with Crippen LogP contribution in [0.4, 0.5) is 11.4 Å². The van der Waals surface area contributed by atoms with E-state index in [-0.39, 0.29) is 5.75 Å². The average Bonchev–Trinajstić information content (AvgIpc) is 2.87. The molecule has 4 aromatic rings. The van der Waals surface area contributed by atoms with Crippen LogP contribution in [0.15, 0.2) is 83.2 Å². The zero-order chi connectivity index (χ0) is 24.4. The first-order valence-corrected chi connectivity index (χ1v) is 13.0. The van der Waals surface area contributed by atoms with Gasteiger partial charge in [-0.15, -0.1) is 10.2 Å². The second-order valence-corrected chi connectivity index (χ2v) is 10.5. The molecule has 0 unspecified atom stereocenters. The summed E-state index contributed by atoms with van der Waals surface area (Å²) in [6.45, 7) is 0.440. The lowest BCUT2D eigenvalue weighted by molar-refractivity contribution is 0.0995. The number of azo groups is 1. The number of rotatable bonds is 4. The van der Waals surface area contributed by atoms with Crippen molar-refractivity contribution < 1.29 is 13.2 Å². The first-order valence-electron chi connectivity index (χ1n) is 11.0. The van der Waals surface area contributed by atoms with Crippen molar-refractivity contribution in [3.63, 3.8) is 0 Å². The molecule has 0 aliphatic carbocycles. The number of anilines is 1. The SMILES string of the molecule is O=C(N=Nc1ccc(Cl)c(-c2ncc3ccccc3n2)c1)c1ccc(N2CCCCS2(=O)=O)cc1. The average molecular weight is 506 g/mol. The molecule has 0 saturated carbocycles. The molecule has 1 aliphatic rings. The smallest absolute Gasteiger partial charge is 0.270 e. The first-order chi connectivity index (χ1) is 16.9. The molecular formula is C25H20ClN5O3S. The minimum absolute atomic E-state index is 0.134. The largest absolute Gasteiger partial charge is 0.295 e. The third-order valence-electron chi connectivity index (χ3n) is 5.69. The lowest BCUT2D eigenvalue weighted by atomic mass is 10.1. The van der Waals surface area contributed by atoms with Crippen molar-refractivity contribution >= 4 is 49.8 Å². The molecule has 8 nitrogen and oxygen atoms in total. The van der Waals surface area contributed by atoms with Gasteiger partial charge in [-0.1, -0.05) is 29.8 Å². The van der Waals surface area contributed by atoms with Crippen LogP contribution in [-0.4, -0.2) is 36.6 Å². The van der Waals surface area contributed by atoms with Crippen molar-refractivity contribution in [1.82, 2.24) is 9.97 Å².